The smallest absolute Gasteiger partial charge is 0.242 e. The second-order valence-electron chi connectivity index (χ2n) is 5.44. The number of imidazole rings is 1. The molecule has 3 rings (SSSR count). The third kappa shape index (κ3) is 2.24. The number of carbonyl (C=O) groups excluding carboxylic acids is 1. The van der Waals surface area contributed by atoms with E-state index >= 15 is 0 Å². The molecule has 0 unspecified atom stereocenters. The minimum atomic E-state index is 0.136. The van der Waals surface area contributed by atoms with Gasteiger partial charge in [0, 0.05) is 13.1 Å². The Balaban J connectivity index is 1.88. The molecule has 0 atom stereocenters. The predicted molar refractivity (Wildman–Crippen MR) is 79.3 cm³/mol. The van der Waals surface area contributed by atoms with Crippen LogP contribution in [-0.4, -0.2) is 33.4 Å². The first-order valence-electron chi connectivity index (χ1n) is 7.16. The molecule has 2 aromatic rings. The summed E-state index contributed by atoms with van der Waals surface area (Å²) in [4.78, 5) is 18.7. The van der Waals surface area contributed by atoms with Crippen LogP contribution in [0.2, 0.25) is 0 Å². The Morgan fingerprint density at radius 1 is 1.30 bits per heavy atom. The van der Waals surface area contributed by atoms with Gasteiger partial charge in [0.1, 0.15) is 6.54 Å². The third-order valence-electron chi connectivity index (χ3n) is 4.01. The van der Waals surface area contributed by atoms with Gasteiger partial charge < -0.3 is 15.2 Å². The van der Waals surface area contributed by atoms with Crippen molar-refractivity contribution < 1.29 is 4.79 Å². The van der Waals surface area contributed by atoms with Crippen LogP contribution in [0.1, 0.15) is 24.8 Å². The summed E-state index contributed by atoms with van der Waals surface area (Å²) in [7, 11) is 0. The van der Waals surface area contributed by atoms with E-state index in [0.717, 1.165) is 42.5 Å². The molecule has 106 valence electrons. The molecule has 20 heavy (non-hydrogen) atoms. The molecule has 2 heterocycles. The molecule has 0 aliphatic carbocycles. The standard InChI is InChI=1S/C15H20N4O/c1-11-6-5-7-12-14(11)17-15(16)19(12)10-13(20)18-8-3-2-4-9-18/h5-7H,2-4,8-10H2,1H3,(H2,16,17). The maximum absolute atomic E-state index is 12.4. The van der Waals surface area contributed by atoms with Gasteiger partial charge in [0.2, 0.25) is 11.9 Å². The number of hydrogen-bond acceptors (Lipinski definition) is 3. The molecule has 1 aliphatic heterocycles. The van der Waals surface area contributed by atoms with Gasteiger partial charge in [-0.3, -0.25) is 4.79 Å². The highest BCUT2D eigenvalue weighted by molar-refractivity contribution is 5.84. The number of anilines is 1. The number of nitrogen functional groups attached to an aromatic ring is 1. The zero-order valence-electron chi connectivity index (χ0n) is 11.8. The maximum Gasteiger partial charge on any atom is 0.242 e. The van der Waals surface area contributed by atoms with Crippen LogP contribution in [-0.2, 0) is 11.3 Å². The van der Waals surface area contributed by atoms with Gasteiger partial charge >= 0.3 is 0 Å². The van der Waals surface area contributed by atoms with Crippen molar-refractivity contribution >= 4 is 22.9 Å². The lowest BCUT2D eigenvalue weighted by atomic mass is 10.1. The van der Waals surface area contributed by atoms with Crippen LogP contribution in [0.4, 0.5) is 5.95 Å². The topological polar surface area (TPSA) is 64.1 Å². The number of rotatable bonds is 2. The summed E-state index contributed by atoms with van der Waals surface area (Å²) in [6.07, 6.45) is 3.43. The van der Waals surface area contributed by atoms with Gasteiger partial charge in [-0.15, -0.1) is 0 Å². The van der Waals surface area contributed by atoms with Crippen LogP contribution in [0.5, 0.6) is 0 Å². The Bertz CT molecular complexity index is 641. The Kier molecular flexibility index (Phi) is 3.34. The molecule has 2 N–H and O–H groups in total. The number of piperidine rings is 1. The van der Waals surface area contributed by atoms with Crippen molar-refractivity contribution in [3.8, 4) is 0 Å². The second-order valence-corrected chi connectivity index (χ2v) is 5.44. The van der Waals surface area contributed by atoms with Crippen LogP contribution >= 0.6 is 0 Å². The third-order valence-corrected chi connectivity index (χ3v) is 4.01. The largest absolute Gasteiger partial charge is 0.369 e. The number of carbonyl (C=O) groups is 1. The lowest BCUT2D eigenvalue weighted by molar-refractivity contribution is -0.132. The zero-order valence-corrected chi connectivity index (χ0v) is 11.8. The number of hydrogen-bond donors (Lipinski definition) is 1. The first-order chi connectivity index (χ1) is 9.66. The lowest BCUT2D eigenvalue weighted by Gasteiger charge is -2.27. The van der Waals surface area contributed by atoms with E-state index < -0.39 is 0 Å². The summed E-state index contributed by atoms with van der Waals surface area (Å²) in [5.74, 6) is 0.553. The van der Waals surface area contributed by atoms with Crippen molar-refractivity contribution in [1.29, 1.82) is 0 Å². The molecule has 0 saturated carbocycles. The molecule has 5 heteroatoms. The van der Waals surface area contributed by atoms with E-state index in [1.54, 1.807) is 0 Å². The van der Waals surface area contributed by atoms with Crippen molar-refractivity contribution in [1.82, 2.24) is 14.5 Å². The Labute approximate surface area is 118 Å². The molecule has 1 fully saturated rings. The minimum Gasteiger partial charge on any atom is -0.369 e. The average molecular weight is 272 g/mol. The fourth-order valence-electron chi connectivity index (χ4n) is 2.85. The number of nitrogens with two attached hydrogens (primary N) is 1. The molecule has 1 aromatic heterocycles. The van der Waals surface area contributed by atoms with E-state index in [4.69, 9.17) is 5.73 Å². The summed E-state index contributed by atoms with van der Waals surface area (Å²) in [5.41, 5.74) is 8.89. The van der Waals surface area contributed by atoms with E-state index in [0.29, 0.717) is 5.95 Å². The van der Waals surface area contributed by atoms with Gasteiger partial charge in [-0.2, -0.15) is 0 Å². The van der Waals surface area contributed by atoms with Gasteiger partial charge in [-0.1, -0.05) is 12.1 Å². The lowest BCUT2D eigenvalue weighted by Crippen LogP contribution is -2.37. The second kappa shape index (κ2) is 5.15. The van der Waals surface area contributed by atoms with Crippen molar-refractivity contribution in [2.75, 3.05) is 18.8 Å². The quantitative estimate of drug-likeness (QED) is 0.908. The van der Waals surface area contributed by atoms with Gasteiger partial charge in [-0.05, 0) is 37.8 Å². The fraction of sp³-hybridized carbons (Fsp3) is 0.467. The first-order valence-corrected chi connectivity index (χ1v) is 7.16. The molecule has 1 saturated heterocycles. The molecule has 1 aliphatic rings. The molecular weight excluding hydrogens is 252 g/mol. The van der Waals surface area contributed by atoms with Crippen LogP contribution in [0.15, 0.2) is 18.2 Å². The van der Waals surface area contributed by atoms with Crippen molar-refractivity contribution in [2.24, 2.45) is 0 Å². The number of benzene rings is 1. The molecule has 1 amide bonds. The summed E-state index contributed by atoms with van der Waals surface area (Å²) < 4.78 is 1.82. The van der Waals surface area contributed by atoms with Crippen LogP contribution in [0.3, 0.4) is 0 Å². The van der Waals surface area contributed by atoms with Gasteiger partial charge in [0.15, 0.2) is 0 Å². The van der Waals surface area contributed by atoms with E-state index in [1.807, 2.05) is 34.6 Å². The zero-order chi connectivity index (χ0) is 14.1. The number of aryl methyl sites for hydroxylation is 1. The summed E-state index contributed by atoms with van der Waals surface area (Å²) in [6, 6.07) is 5.95. The van der Waals surface area contributed by atoms with Crippen molar-refractivity contribution in [3.05, 3.63) is 23.8 Å². The van der Waals surface area contributed by atoms with Crippen LogP contribution < -0.4 is 5.73 Å². The molecule has 0 radical (unpaired) electrons. The van der Waals surface area contributed by atoms with Gasteiger partial charge in [0.25, 0.3) is 0 Å². The predicted octanol–water partition coefficient (Wildman–Crippen LogP) is 1.94. The molecule has 1 aromatic carbocycles. The van der Waals surface area contributed by atoms with Crippen molar-refractivity contribution in [3.63, 3.8) is 0 Å². The Morgan fingerprint density at radius 2 is 2.05 bits per heavy atom. The number of nitrogens with zero attached hydrogens (tertiary/aromatic N) is 3. The van der Waals surface area contributed by atoms with Gasteiger partial charge in [-0.25, -0.2) is 4.98 Å². The van der Waals surface area contributed by atoms with E-state index in [1.165, 1.54) is 6.42 Å². The summed E-state index contributed by atoms with van der Waals surface area (Å²) in [5, 5.41) is 0. The molecule has 5 nitrogen and oxygen atoms in total. The summed E-state index contributed by atoms with van der Waals surface area (Å²) in [6.45, 7) is 4.02. The number of amides is 1. The number of fused-ring (bicyclic) bond motifs is 1. The number of aromatic nitrogens is 2. The molecular formula is C15H20N4O. The van der Waals surface area contributed by atoms with Crippen LogP contribution in [0, 0.1) is 6.92 Å². The normalized spacial score (nSPS) is 15.8. The molecule has 0 bridgehead atoms. The first kappa shape index (κ1) is 13.0. The van der Waals surface area contributed by atoms with Crippen LogP contribution in [0.25, 0.3) is 11.0 Å². The average Bonchev–Trinajstić information content (AvgIpc) is 2.78. The molecule has 0 spiro atoms. The monoisotopic (exact) mass is 272 g/mol. The maximum atomic E-state index is 12.4. The Hall–Kier alpha value is -2.04. The number of para-hydroxylation sites is 1. The number of likely N-dealkylation sites (tertiary alicyclic amines) is 1. The van der Waals surface area contributed by atoms with E-state index in [9.17, 15) is 4.79 Å². The fourth-order valence-corrected chi connectivity index (χ4v) is 2.85. The highest BCUT2D eigenvalue weighted by Crippen LogP contribution is 2.21. The highest BCUT2D eigenvalue weighted by atomic mass is 16.2. The van der Waals surface area contributed by atoms with E-state index in [-0.39, 0.29) is 12.5 Å². The Morgan fingerprint density at radius 3 is 2.80 bits per heavy atom. The minimum absolute atomic E-state index is 0.136. The van der Waals surface area contributed by atoms with E-state index in [2.05, 4.69) is 4.98 Å². The van der Waals surface area contributed by atoms with Gasteiger partial charge in [0.05, 0.1) is 11.0 Å². The summed E-state index contributed by atoms with van der Waals surface area (Å²) >= 11 is 0. The highest BCUT2D eigenvalue weighted by Gasteiger charge is 2.19. The SMILES string of the molecule is Cc1cccc2c1nc(N)n2CC(=O)N1CCCCC1. The van der Waals surface area contributed by atoms with Crippen molar-refractivity contribution in [2.45, 2.75) is 32.7 Å².